The van der Waals surface area contributed by atoms with Gasteiger partial charge < -0.3 is 8.92 Å². The second-order valence-electron chi connectivity index (χ2n) is 8.45. The van der Waals surface area contributed by atoms with Gasteiger partial charge in [-0.2, -0.15) is 13.5 Å². The molecule has 0 bridgehead atoms. The summed E-state index contributed by atoms with van der Waals surface area (Å²) in [6, 6.07) is 18.6. The van der Waals surface area contributed by atoms with E-state index in [1.807, 2.05) is 18.4 Å². The van der Waals surface area contributed by atoms with E-state index in [1.54, 1.807) is 55.2 Å². The van der Waals surface area contributed by atoms with Crippen LogP contribution in [0.5, 0.6) is 11.5 Å². The monoisotopic (exact) mass is 535 g/mol. The summed E-state index contributed by atoms with van der Waals surface area (Å²) in [7, 11) is -0.844. The summed E-state index contributed by atoms with van der Waals surface area (Å²) >= 11 is 1.50. The van der Waals surface area contributed by atoms with Crippen LogP contribution in [-0.2, 0) is 16.5 Å². The number of nitrogens with zero attached hydrogens (tertiary/aromatic N) is 3. The van der Waals surface area contributed by atoms with Crippen molar-refractivity contribution in [1.29, 1.82) is 0 Å². The average molecular weight is 536 g/mol. The summed E-state index contributed by atoms with van der Waals surface area (Å²) in [6.07, 6.45) is 2.65. The molecule has 0 aliphatic heterocycles. The van der Waals surface area contributed by atoms with E-state index in [2.05, 4.69) is 41.3 Å². The third kappa shape index (κ3) is 5.84. The molecule has 0 spiro atoms. The van der Waals surface area contributed by atoms with Gasteiger partial charge in [0.25, 0.3) is 0 Å². The van der Waals surface area contributed by atoms with Crippen LogP contribution in [-0.4, -0.2) is 33.5 Å². The molecule has 0 saturated carbocycles. The van der Waals surface area contributed by atoms with Crippen molar-refractivity contribution in [1.82, 2.24) is 4.68 Å². The normalized spacial score (nSPS) is 12.3. The Hall–Kier alpha value is -3.69. The molecule has 37 heavy (non-hydrogen) atoms. The number of benzene rings is 3. The lowest BCUT2D eigenvalue weighted by Gasteiger charge is -2.13. The Bertz CT molecular complexity index is 1620. The van der Waals surface area contributed by atoms with Gasteiger partial charge in [0.1, 0.15) is 4.90 Å². The number of hydrogen-bond acceptors (Lipinski definition) is 7. The molecule has 3 aromatic carbocycles. The maximum atomic E-state index is 13.0. The van der Waals surface area contributed by atoms with E-state index in [1.165, 1.54) is 24.0 Å². The summed E-state index contributed by atoms with van der Waals surface area (Å²) in [5.41, 5.74) is 5.38. The molecule has 9 heteroatoms. The number of ether oxygens (including phenoxy) is 1. The highest BCUT2D eigenvalue weighted by molar-refractivity contribution is 7.87. The number of thiazole rings is 1. The quantitative estimate of drug-likeness (QED) is 0.218. The maximum absolute atomic E-state index is 13.0. The fraction of sp³-hybridized carbons (Fsp3) is 0.214. The Kier molecular flexibility index (Phi) is 7.94. The first-order valence-corrected chi connectivity index (χ1v) is 14.0. The lowest BCUT2D eigenvalue weighted by Crippen LogP contribution is -2.12. The van der Waals surface area contributed by atoms with Crippen LogP contribution in [0.4, 0.5) is 0 Å². The SMILES string of the molecule is CCc1ccc(-c2csc(=NC)n2N=Cc2ccc(OS(=O)(=O)c3cc(C)ccc3C)c(OC)c2)cc1. The molecule has 0 saturated heterocycles. The Morgan fingerprint density at radius 1 is 1.00 bits per heavy atom. The number of hydrogen-bond donors (Lipinski definition) is 0. The van der Waals surface area contributed by atoms with Gasteiger partial charge in [0, 0.05) is 18.0 Å². The van der Waals surface area contributed by atoms with E-state index in [9.17, 15) is 8.42 Å². The molecule has 1 heterocycles. The zero-order chi connectivity index (χ0) is 26.6. The lowest BCUT2D eigenvalue weighted by molar-refractivity contribution is 0.390. The molecule has 0 radical (unpaired) electrons. The van der Waals surface area contributed by atoms with Crippen LogP contribution in [0.3, 0.4) is 0 Å². The van der Waals surface area contributed by atoms with E-state index in [0.29, 0.717) is 11.1 Å². The minimum absolute atomic E-state index is 0.102. The molecule has 0 aliphatic rings. The summed E-state index contributed by atoms with van der Waals surface area (Å²) in [6.45, 7) is 5.70. The van der Waals surface area contributed by atoms with Crippen molar-refractivity contribution in [3.05, 3.63) is 93.1 Å². The second kappa shape index (κ2) is 11.1. The van der Waals surface area contributed by atoms with Gasteiger partial charge in [-0.05, 0) is 66.8 Å². The van der Waals surface area contributed by atoms with Crippen molar-refractivity contribution in [2.45, 2.75) is 32.1 Å². The predicted molar refractivity (Wildman–Crippen MR) is 148 cm³/mol. The molecule has 0 N–H and O–H groups in total. The van der Waals surface area contributed by atoms with Gasteiger partial charge in [-0.1, -0.05) is 43.3 Å². The van der Waals surface area contributed by atoms with Gasteiger partial charge in [0.15, 0.2) is 11.5 Å². The zero-order valence-corrected chi connectivity index (χ0v) is 23.1. The van der Waals surface area contributed by atoms with E-state index < -0.39 is 10.1 Å². The van der Waals surface area contributed by atoms with Crippen LogP contribution in [0.15, 0.2) is 81.0 Å². The molecular weight excluding hydrogens is 506 g/mol. The molecule has 4 rings (SSSR count). The molecule has 1 aromatic heterocycles. The van der Waals surface area contributed by atoms with Crippen LogP contribution in [0, 0.1) is 13.8 Å². The zero-order valence-electron chi connectivity index (χ0n) is 21.4. The maximum Gasteiger partial charge on any atom is 0.339 e. The molecule has 4 aromatic rings. The van der Waals surface area contributed by atoms with Crippen LogP contribution < -0.4 is 13.7 Å². The minimum Gasteiger partial charge on any atom is -0.493 e. The number of aromatic nitrogens is 1. The molecule has 192 valence electrons. The molecular formula is C28H29N3O4S2. The Morgan fingerprint density at radius 2 is 1.76 bits per heavy atom. The summed E-state index contributed by atoms with van der Waals surface area (Å²) in [5.74, 6) is 0.383. The average Bonchev–Trinajstić information content (AvgIpc) is 3.32. The van der Waals surface area contributed by atoms with Crippen molar-refractivity contribution in [2.75, 3.05) is 14.2 Å². The van der Waals surface area contributed by atoms with Crippen LogP contribution >= 0.6 is 11.3 Å². The second-order valence-corrected chi connectivity index (χ2v) is 10.8. The first-order valence-electron chi connectivity index (χ1n) is 11.7. The van der Waals surface area contributed by atoms with Crippen molar-refractivity contribution in [3.63, 3.8) is 0 Å². The van der Waals surface area contributed by atoms with Crippen molar-refractivity contribution >= 4 is 27.7 Å². The molecule has 0 amide bonds. The summed E-state index contributed by atoms with van der Waals surface area (Å²) < 4.78 is 38.6. The third-order valence-corrected chi connectivity index (χ3v) is 8.14. The summed E-state index contributed by atoms with van der Waals surface area (Å²) in [5, 5.41) is 6.69. The minimum atomic E-state index is -4.04. The van der Waals surface area contributed by atoms with E-state index in [4.69, 9.17) is 8.92 Å². The van der Waals surface area contributed by atoms with Crippen LogP contribution in [0.25, 0.3) is 11.3 Å². The fourth-order valence-electron chi connectivity index (χ4n) is 3.77. The summed E-state index contributed by atoms with van der Waals surface area (Å²) in [4.78, 5) is 5.23. The third-order valence-electron chi connectivity index (χ3n) is 5.86. The fourth-order valence-corrected chi connectivity index (χ4v) is 5.83. The number of rotatable bonds is 8. The Morgan fingerprint density at radius 3 is 2.43 bits per heavy atom. The van der Waals surface area contributed by atoms with Gasteiger partial charge in [0.05, 0.1) is 19.0 Å². The Balaban J connectivity index is 1.64. The standard InChI is InChI=1S/C28H29N3O4S2/c1-6-21-9-12-23(13-10-21)24-18-36-28(29-4)31(24)30-17-22-11-14-25(26(16-22)34-5)35-37(32,33)27-15-19(2)7-8-20(27)3/h7-18H,6H2,1-5H3. The highest BCUT2D eigenvalue weighted by Crippen LogP contribution is 2.31. The number of aryl methyl sites for hydroxylation is 3. The highest BCUT2D eigenvalue weighted by atomic mass is 32.2. The van der Waals surface area contributed by atoms with E-state index in [-0.39, 0.29) is 16.4 Å². The molecule has 0 fully saturated rings. The predicted octanol–water partition coefficient (Wildman–Crippen LogP) is 5.58. The topological polar surface area (TPSA) is 82.2 Å². The van der Waals surface area contributed by atoms with Gasteiger partial charge in [-0.15, -0.1) is 11.3 Å². The molecule has 7 nitrogen and oxygen atoms in total. The van der Waals surface area contributed by atoms with Crippen molar-refractivity contribution < 1.29 is 17.3 Å². The lowest BCUT2D eigenvalue weighted by atomic mass is 10.1. The van der Waals surface area contributed by atoms with Crippen molar-refractivity contribution in [2.24, 2.45) is 10.1 Å². The van der Waals surface area contributed by atoms with Crippen LogP contribution in [0.2, 0.25) is 0 Å². The number of methoxy groups -OCH3 is 1. The van der Waals surface area contributed by atoms with Gasteiger partial charge in [-0.3, -0.25) is 4.99 Å². The first-order chi connectivity index (χ1) is 17.7. The van der Waals surface area contributed by atoms with E-state index in [0.717, 1.165) is 28.0 Å². The van der Waals surface area contributed by atoms with Gasteiger partial charge in [-0.25, -0.2) is 4.68 Å². The van der Waals surface area contributed by atoms with Crippen molar-refractivity contribution in [3.8, 4) is 22.8 Å². The smallest absolute Gasteiger partial charge is 0.339 e. The first kappa shape index (κ1) is 26.4. The van der Waals surface area contributed by atoms with E-state index >= 15 is 0 Å². The van der Waals surface area contributed by atoms with Gasteiger partial charge in [0.2, 0.25) is 4.80 Å². The molecule has 0 aliphatic carbocycles. The highest BCUT2D eigenvalue weighted by Gasteiger charge is 2.21. The largest absolute Gasteiger partial charge is 0.493 e. The Labute approximate surface area is 221 Å². The molecule has 0 atom stereocenters. The van der Waals surface area contributed by atoms with Crippen LogP contribution in [0.1, 0.15) is 29.2 Å². The van der Waals surface area contributed by atoms with Gasteiger partial charge >= 0.3 is 10.1 Å². The molecule has 0 unspecified atom stereocenters.